The first kappa shape index (κ1) is 12.9. The molecule has 1 fully saturated rings. The highest BCUT2D eigenvalue weighted by Gasteiger charge is 2.21. The van der Waals surface area contributed by atoms with E-state index >= 15 is 0 Å². The Labute approximate surface area is 107 Å². The molecule has 0 radical (unpaired) electrons. The topological polar surface area (TPSA) is 32.3 Å². The molecule has 1 aromatic rings. The lowest BCUT2D eigenvalue weighted by Gasteiger charge is -2.31. The molecule has 0 unspecified atom stereocenters. The number of amides is 2. The van der Waals surface area contributed by atoms with E-state index in [1.165, 1.54) is 18.6 Å². The molecule has 1 aliphatic rings. The molecule has 98 valence electrons. The summed E-state index contributed by atoms with van der Waals surface area (Å²) in [4.78, 5) is 13.8. The van der Waals surface area contributed by atoms with Crippen LogP contribution in [0.3, 0.4) is 0 Å². The summed E-state index contributed by atoms with van der Waals surface area (Å²) in [6.07, 6.45) is 3.34. The molecule has 1 heterocycles. The minimum absolute atomic E-state index is 0.0869. The number of hydrogen-bond acceptors (Lipinski definition) is 1. The van der Waals surface area contributed by atoms with Crippen molar-refractivity contribution >= 4 is 11.7 Å². The highest BCUT2D eigenvalue weighted by atomic mass is 19.1. The van der Waals surface area contributed by atoms with E-state index in [9.17, 15) is 9.18 Å². The quantitative estimate of drug-likeness (QED) is 0.856. The molecule has 0 aromatic heterocycles. The van der Waals surface area contributed by atoms with E-state index in [0.717, 1.165) is 31.8 Å². The second-order valence-electron chi connectivity index (χ2n) is 4.78. The highest BCUT2D eigenvalue weighted by Crippen LogP contribution is 2.20. The molecule has 1 aromatic carbocycles. The number of anilines is 1. The third kappa shape index (κ3) is 3.22. The van der Waals surface area contributed by atoms with Crippen molar-refractivity contribution in [3.8, 4) is 0 Å². The largest absolute Gasteiger partial charge is 0.325 e. The zero-order valence-electron chi connectivity index (χ0n) is 10.7. The fourth-order valence-electron chi connectivity index (χ4n) is 2.28. The van der Waals surface area contributed by atoms with E-state index in [0.29, 0.717) is 5.69 Å². The van der Waals surface area contributed by atoms with Crippen LogP contribution in [0.15, 0.2) is 24.3 Å². The summed E-state index contributed by atoms with van der Waals surface area (Å²) in [5.41, 5.74) is 0.638. The van der Waals surface area contributed by atoms with Gasteiger partial charge in [-0.2, -0.15) is 0 Å². The van der Waals surface area contributed by atoms with Crippen molar-refractivity contribution in [1.29, 1.82) is 0 Å². The first-order valence-electron chi connectivity index (χ1n) is 6.50. The van der Waals surface area contributed by atoms with E-state index in [1.54, 1.807) is 12.1 Å². The molecular weight excluding hydrogens is 231 g/mol. The number of piperidine rings is 1. The van der Waals surface area contributed by atoms with Gasteiger partial charge in [0.1, 0.15) is 5.82 Å². The normalized spacial score (nSPS) is 16.7. The fraction of sp³-hybridized carbons (Fsp3) is 0.500. The van der Waals surface area contributed by atoms with Gasteiger partial charge in [0.25, 0.3) is 0 Å². The van der Waals surface area contributed by atoms with Gasteiger partial charge >= 0.3 is 6.03 Å². The van der Waals surface area contributed by atoms with E-state index < -0.39 is 0 Å². The van der Waals surface area contributed by atoms with Crippen molar-refractivity contribution in [1.82, 2.24) is 4.90 Å². The Morgan fingerprint density at radius 1 is 1.33 bits per heavy atom. The van der Waals surface area contributed by atoms with E-state index in [-0.39, 0.29) is 11.8 Å². The molecule has 3 nitrogen and oxygen atoms in total. The van der Waals surface area contributed by atoms with Crippen LogP contribution in [0.2, 0.25) is 0 Å². The summed E-state index contributed by atoms with van der Waals surface area (Å²) in [5.74, 6) is 0.455. The highest BCUT2D eigenvalue weighted by molar-refractivity contribution is 5.89. The number of nitrogens with zero attached hydrogens (tertiary/aromatic N) is 1. The zero-order valence-corrected chi connectivity index (χ0v) is 10.7. The molecule has 2 rings (SSSR count). The molecular formula is C14H19FN2O. The molecule has 4 heteroatoms. The predicted molar refractivity (Wildman–Crippen MR) is 70.0 cm³/mol. The SMILES string of the molecule is CCC1CCN(C(=O)Nc2ccc(F)cc2)CC1. The molecule has 0 saturated carbocycles. The van der Waals surface area contributed by atoms with Crippen LogP contribution in [-0.2, 0) is 0 Å². The Morgan fingerprint density at radius 3 is 2.50 bits per heavy atom. The minimum atomic E-state index is -0.295. The number of carbonyl (C=O) groups excluding carboxylic acids is 1. The second-order valence-corrected chi connectivity index (χ2v) is 4.78. The molecule has 2 amide bonds. The Hall–Kier alpha value is -1.58. The summed E-state index contributed by atoms with van der Waals surface area (Å²) >= 11 is 0. The van der Waals surface area contributed by atoms with Crippen LogP contribution in [0.4, 0.5) is 14.9 Å². The maximum Gasteiger partial charge on any atom is 0.321 e. The van der Waals surface area contributed by atoms with Gasteiger partial charge in [0.15, 0.2) is 0 Å². The van der Waals surface area contributed by atoms with Crippen LogP contribution in [0, 0.1) is 11.7 Å². The smallest absolute Gasteiger partial charge is 0.321 e. The average Bonchev–Trinajstić information content (AvgIpc) is 2.41. The van der Waals surface area contributed by atoms with Crippen molar-refractivity contribution in [2.24, 2.45) is 5.92 Å². The van der Waals surface area contributed by atoms with Crippen LogP contribution in [-0.4, -0.2) is 24.0 Å². The molecule has 0 aliphatic carbocycles. The average molecular weight is 250 g/mol. The van der Waals surface area contributed by atoms with Crippen molar-refractivity contribution in [3.63, 3.8) is 0 Å². The summed E-state index contributed by atoms with van der Waals surface area (Å²) in [6, 6.07) is 5.76. The lowest BCUT2D eigenvalue weighted by molar-refractivity contribution is 0.181. The molecule has 1 N–H and O–H groups in total. The van der Waals surface area contributed by atoms with Crippen molar-refractivity contribution in [2.45, 2.75) is 26.2 Å². The van der Waals surface area contributed by atoms with Gasteiger partial charge in [-0.25, -0.2) is 9.18 Å². The van der Waals surface area contributed by atoms with Crippen LogP contribution >= 0.6 is 0 Å². The van der Waals surface area contributed by atoms with Gasteiger partial charge in [-0.15, -0.1) is 0 Å². The lowest BCUT2D eigenvalue weighted by atomic mass is 9.95. The van der Waals surface area contributed by atoms with Gasteiger partial charge in [-0.05, 0) is 43.0 Å². The molecule has 18 heavy (non-hydrogen) atoms. The van der Waals surface area contributed by atoms with Gasteiger partial charge in [-0.1, -0.05) is 13.3 Å². The molecule has 0 atom stereocenters. The van der Waals surface area contributed by atoms with Crippen LogP contribution in [0.25, 0.3) is 0 Å². The maximum atomic E-state index is 12.7. The lowest BCUT2D eigenvalue weighted by Crippen LogP contribution is -2.40. The first-order chi connectivity index (χ1) is 8.69. The second kappa shape index (κ2) is 5.85. The Bertz CT molecular complexity index is 397. The number of halogens is 1. The van der Waals surface area contributed by atoms with E-state index in [1.807, 2.05) is 4.90 Å². The number of carbonyl (C=O) groups is 1. The van der Waals surface area contributed by atoms with Crippen molar-refractivity contribution in [3.05, 3.63) is 30.1 Å². The summed E-state index contributed by atoms with van der Waals surface area (Å²) in [5, 5.41) is 2.79. The Balaban J connectivity index is 1.87. The molecule has 1 aliphatic heterocycles. The van der Waals surface area contributed by atoms with Gasteiger partial charge < -0.3 is 10.2 Å². The number of rotatable bonds is 2. The number of benzene rings is 1. The summed E-state index contributed by atoms with van der Waals surface area (Å²) < 4.78 is 12.7. The number of likely N-dealkylation sites (tertiary alicyclic amines) is 1. The van der Waals surface area contributed by atoms with Gasteiger partial charge in [0, 0.05) is 18.8 Å². The van der Waals surface area contributed by atoms with Crippen molar-refractivity contribution in [2.75, 3.05) is 18.4 Å². The Morgan fingerprint density at radius 2 is 1.94 bits per heavy atom. The van der Waals surface area contributed by atoms with Gasteiger partial charge in [0.05, 0.1) is 0 Å². The first-order valence-corrected chi connectivity index (χ1v) is 6.50. The maximum absolute atomic E-state index is 12.7. The third-order valence-electron chi connectivity index (χ3n) is 3.57. The molecule has 0 bridgehead atoms. The molecule has 0 spiro atoms. The Kier molecular flexibility index (Phi) is 4.18. The number of nitrogens with one attached hydrogen (secondary N) is 1. The van der Waals surface area contributed by atoms with Gasteiger partial charge in [-0.3, -0.25) is 0 Å². The fourth-order valence-corrected chi connectivity index (χ4v) is 2.28. The third-order valence-corrected chi connectivity index (χ3v) is 3.57. The molecule has 1 saturated heterocycles. The van der Waals surface area contributed by atoms with Crippen LogP contribution < -0.4 is 5.32 Å². The van der Waals surface area contributed by atoms with Crippen molar-refractivity contribution < 1.29 is 9.18 Å². The standard InChI is InChI=1S/C14H19FN2O/c1-2-11-7-9-17(10-8-11)14(18)16-13-5-3-12(15)4-6-13/h3-6,11H,2,7-10H2,1H3,(H,16,18). The minimum Gasteiger partial charge on any atom is -0.325 e. The predicted octanol–water partition coefficient (Wildman–Crippen LogP) is 3.48. The zero-order chi connectivity index (χ0) is 13.0. The summed E-state index contributed by atoms with van der Waals surface area (Å²) in [6.45, 7) is 3.82. The number of hydrogen-bond donors (Lipinski definition) is 1. The monoisotopic (exact) mass is 250 g/mol. The van der Waals surface area contributed by atoms with Crippen LogP contribution in [0.1, 0.15) is 26.2 Å². The van der Waals surface area contributed by atoms with Crippen LogP contribution in [0.5, 0.6) is 0 Å². The van der Waals surface area contributed by atoms with E-state index in [2.05, 4.69) is 12.2 Å². The summed E-state index contributed by atoms with van der Waals surface area (Å²) in [7, 11) is 0. The van der Waals surface area contributed by atoms with E-state index in [4.69, 9.17) is 0 Å². The van der Waals surface area contributed by atoms with Gasteiger partial charge in [0.2, 0.25) is 0 Å². The number of urea groups is 1.